The molecule has 8 heteroatoms. The van der Waals surface area contributed by atoms with E-state index in [0.717, 1.165) is 6.42 Å². The minimum Gasteiger partial charge on any atom is -0.489 e. The van der Waals surface area contributed by atoms with Crippen LogP contribution in [0.5, 0.6) is 5.75 Å². The van der Waals surface area contributed by atoms with E-state index < -0.39 is 0 Å². The van der Waals surface area contributed by atoms with Gasteiger partial charge < -0.3 is 4.74 Å². The molecule has 0 saturated carbocycles. The first kappa shape index (κ1) is 21.8. The van der Waals surface area contributed by atoms with Crippen molar-refractivity contribution in [2.45, 2.75) is 23.0 Å². The van der Waals surface area contributed by atoms with Crippen molar-refractivity contribution in [1.82, 2.24) is 0 Å². The number of halogens is 7. The highest BCUT2D eigenvalue weighted by Crippen LogP contribution is 2.48. The van der Waals surface area contributed by atoms with Crippen molar-refractivity contribution in [3.8, 4) is 5.75 Å². The summed E-state index contributed by atoms with van der Waals surface area (Å²) in [4.78, 5) is 0.212. The van der Waals surface area contributed by atoms with Crippen molar-refractivity contribution in [1.29, 1.82) is 0 Å². The highest BCUT2D eigenvalue weighted by molar-refractivity contribution is 9.09. The Morgan fingerprint density at radius 3 is 1.92 bits per heavy atom. The van der Waals surface area contributed by atoms with E-state index in [-0.39, 0.29) is 47.7 Å². The van der Waals surface area contributed by atoms with Crippen LogP contribution in [0.1, 0.15) is 12.0 Å². The topological polar surface area (TPSA) is 9.23 Å². The SMILES string of the molecule is Clc1c(Cl)c(Cl)c(OCC(Cl)CC(Br)Cc2ccccc2)c(Cl)c1Cl. The number of ether oxygens (including phenoxy) is 1. The van der Waals surface area contributed by atoms with E-state index >= 15 is 0 Å². The summed E-state index contributed by atoms with van der Waals surface area (Å²) in [6, 6.07) is 10.2. The molecule has 0 heterocycles. The fourth-order valence-corrected chi connectivity index (χ4v) is 4.73. The van der Waals surface area contributed by atoms with Crippen LogP contribution in [-0.2, 0) is 6.42 Å². The number of hydrogen-bond acceptors (Lipinski definition) is 1. The second kappa shape index (κ2) is 10.1. The van der Waals surface area contributed by atoms with Gasteiger partial charge in [-0.05, 0) is 18.4 Å². The molecule has 2 unspecified atom stereocenters. The van der Waals surface area contributed by atoms with Gasteiger partial charge in [0.05, 0.1) is 20.4 Å². The second-order valence-corrected chi connectivity index (χ2v) is 9.13. The lowest BCUT2D eigenvalue weighted by atomic mass is 10.1. The van der Waals surface area contributed by atoms with Crippen LogP contribution in [0.2, 0.25) is 25.1 Å². The predicted molar refractivity (Wildman–Crippen MR) is 114 cm³/mol. The normalized spacial score (nSPS) is 13.6. The van der Waals surface area contributed by atoms with Gasteiger partial charge in [-0.25, -0.2) is 0 Å². The standard InChI is InChI=1S/C17H13BrCl6O/c18-10(6-9-4-2-1-3-5-9)7-11(19)8-25-17-15(23)13(21)12(20)14(22)16(17)24/h1-5,10-11H,6-8H2. The maximum Gasteiger partial charge on any atom is 0.159 e. The molecule has 0 aliphatic heterocycles. The average Bonchev–Trinajstić information content (AvgIpc) is 2.59. The van der Waals surface area contributed by atoms with Crippen molar-refractivity contribution < 1.29 is 4.74 Å². The van der Waals surface area contributed by atoms with E-state index in [4.69, 9.17) is 74.3 Å². The maximum absolute atomic E-state index is 6.37. The zero-order chi connectivity index (χ0) is 18.6. The van der Waals surface area contributed by atoms with Crippen molar-refractivity contribution >= 4 is 85.5 Å². The van der Waals surface area contributed by atoms with Gasteiger partial charge in [-0.2, -0.15) is 0 Å². The molecule has 2 rings (SSSR count). The Kier molecular flexibility index (Phi) is 8.81. The molecule has 136 valence electrons. The minimum atomic E-state index is -0.256. The van der Waals surface area contributed by atoms with Crippen LogP contribution in [0.3, 0.4) is 0 Å². The lowest BCUT2D eigenvalue weighted by Crippen LogP contribution is -2.18. The van der Waals surface area contributed by atoms with Gasteiger partial charge in [0.1, 0.15) is 16.7 Å². The summed E-state index contributed by atoms with van der Waals surface area (Å²) < 4.78 is 5.65. The molecule has 1 nitrogen and oxygen atoms in total. The van der Waals surface area contributed by atoms with E-state index in [1.807, 2.05) is 18.2 Å². The van der Waals surface area contributed by atoms with Crippen molar-refractivity contribution in [2.75, 3.05) is 6.61 Å². The minimum absolute atomic E-state index is 0.0940. The summed E-state index contributed by atoms with van der Waals surface area (Å²) in [7, 11) is 0. The first-order chi connectivity index (χ1) is 11.8. The Labute approximate surface area is 185 Å². The number of rotatable bonds is 7. The highest BCUT2D eigenvalue weighted by Gasteiger charge is 2.22. The second-order valence-electron chi connectivity index (χ2n) is 5.33. The lowest BCUT2D eigenvalue weighted by Gasteiger charge is -2.18. The van der Waals surface area contributed by atoms with Crippen LogP contribution in [-0.4, -0.2) is 16.8 Å². The first-order valence-corrected chi connectivity index (χ1v) is 10.5. The van der Waals surface area contributed by atoms with Crippen molar-refractivity contribution in [2.24, 2.45) is 0 Å². The third-order valence-corrected chi connectivity index (χ3v) is 6.63. The molecule has 0 saturated heterocycles. The number of benzene rings is 2. The predicted octanol–water partition coefficient (Wildman–Crippen LogP) is 8.34. The molecular formula is C17H13BrCl6O. The fraction of sp³-hybridized carbons (Fsp3) is 0.294. The third-order valence-electron chi connectivity index (χ3n) is 3.39. The zero-order valence-corrected chi connectivity index (χ0v) is 18.8. The largest absolute Gasteiger partial charge is 0.489 e. The first-order valence-electron chi connectivity index (χ1n) is 7.27. The smallest absolute Gasteiger partial charge is 0.159 e. The quantitative estimate of drug-likeness (QED) is 0.200. The van der Waals surface area contributed by atoms with Gasteiger partial charge in [0.25, 0.3) is 0 Å². The van der Waals surface area contributed by atoms with E-state index in [2.05, 4.69) is 28.1 Å². The molecule has 0 N–H and O–H groups in total. The number of hydrogen-bond donors (Lipinski definition) is 0. The average molecular weight is 526 g/mol. The Bertz CT molecular complexity index is 696. The van der Waals surface area contributed by atoms with Gasteiger partial charge in [0.15, 0.2) is 5.75 Å². The van der Waals surface area contributed by atoms with Crippen molar-refractivity contribution in [3.63, 3.8) is 0 Å². The molecular weight excluding hydrogens is 513 g/mol. The van der Waals surface area contributed by atoms with E-state index in [9.17, 15) is 0 Å². The lowest BCUT2D eigenvalue weighted by molar-refractivity contribution is 0.310. The Morgan fingerprint density at radius 2 is 1.36 bits per heavy atom. The van der Waals surface area contributed by atoms with Crippen LogP contribution < -0.4 is 4.74 Å². The zero-order valence-electron chi connectivity index (χ0n) is 12.7. The summed E-state index contributed by atoms with van der Waals surface area (Å²) in [5, 5.41) is 0.266. The molecule has 0 bridgehead atoms. The van der Waals surface area contributed by atoms with E-state index in [0.29, 0.717) is 6.42 Å². The molecule has 0 amide bonds. The third kappa shape index (κ3) is 5.97. The van der Waals surface area contributed by atoms with E-state index in [1.165, 1.54) is 5.56 Å². The van der Waals surface area contributed by atoms with Gasteiger partial charge in [0, 0.05) is 4.83 Å². The summed E-state index contributed by atoms with van der Waals surface area (Å²) >= 11 is 40.3. The molecule has 2 aromatic carbocycles. The summed E-state index contributed by atoms with van der Waals surface area (Å²) in [6.07, 6.45) is 1.56. The monoisotopic (exact) mass is 522 g/mol. The molecule has 25 heavy (non-hydrogen) atoms. The number of alkyl halides is 2. The van der Waals surface area contributed by atoms with Crippen LogP contribution in [0.25, 0.3) is 0 Å². The van der Waals surface area contributed by atoms with Gasteiger partial charge in [-0.15, -0.1) is 11.6 Å². The Balaban J connectivity index is 1.95. The van der Waals surface area contributed by atoms with Crippen LogP contribution in [0, 0.1) is 0 Å². The van der Waals surface area contributed by atoms with Crippen LogP contribution >= 0.6 is 85.5 Å². The highest BCUT2D eigenvalue weighted by atomic mass is 79.9. The van der Waals surface area contributed by atoms with Crippen LogP contribution in [0.4, 0.5) is 0 Å². The van der Waals surface area contributed by atoms with Crippen LogP contribution in [0.15, 0.2) is 30.3 Å². The fourth-order valence-electron chi connectivity index (χ4n) is 2.18. The molecule has 2 atom stereocenters. The molecule has 2 aromatic rings. The summed E-state index contributed by atoms with van der Waals surface area (Å²) in [5.41, 5.74) is 1.23. The molecule has 0 aliphatic carbocycles. The molecule has 0 radical (unpaired) electrons. The molecule has 0 aromatic heterocycles. The van der Waals surface area contributed by atoms with Gasteiger partial charge in [-0.3, -0.25) is 0 Å². The molecule has 0 spiro atoms. The summed E-state index contributed by atoms with van der Waals surface area (Å²) in [5.74, 6) is 0.183. The van der Waals surface area contributed by atoms with E-state index in [1.54, 1.807) is 0 Å². The molecule has 0 fully saturated rings. The summed E-state index contributed by atoms with van der Waals surface area (Å²) in [6.45, 7) is 0.201. The van der Waals surface area contributed by atoms with Gasteiger partial charge in [-0.1, -0.05) is 104 Å². The van der Waals surface area contributed by atoms with Gasteiger partial charge >= 0.3 is 0 Å². The Morgan fingerprint density at radius 1 is 0.840 bits per heavy atom. The van der Waals surface area contributed by atoms with Crippen molar-refractivity contribution in [3.05, 3.63) is 61.0 Å². The maximum atomic E-state index is 6.37. The Hall–Kier alpha value is 0.460. The molecule has 0 aliphatic rings. The van der Waals surface area contributed by atoms with Gasteiger partial charge in [0.2, 0.25) is 0 Å².